The highest BCUT2D eigenvalue weighted by molar-refractivity contribution is 6.30. The topological polar surface area (TPSA) is 32.3 Å². The predicted molar refractivity (Wildman–Crippen MR) is 76.0 cm³/mol. The molecule has 3 heteroatoms. The van der Waals surface area contributed by atoms with Gasteiger partial charge in [0, 0.05) is 17.1 Å². The molecule has 1 aromatic rings. The van der Waals surface area contributed by atoms with Crippen molar-refractivity contribution in [3.8, 4) is 0 Å². The fourth-order valence-corrected chi connectivity index (χ4v) is 3.04. The number of hydrogen-bond donors (Lipinski definition) is 2. The summed E-state index contributed by atoms with van der Waals surface area (Å²) in [5.74, 6) is 0. The van der Waals surface area contributed by atoms with Gasteiger partial charge in [-0.05, 0) is 41.5 Å². The summed E-state index contributed by atoms with van der Waals surface area (Å²) in [7, 11) is 0. The van der Waals surface area contributed by atoms with E-state index in [1.54, 1.807) is 0 Å². The normalized spacial score (nSPS) is 22.8. The van der Waals surface area contributed by atoms with Gasteiger partial charge >= 0.3 is 0 Å². The summed E-state index contributed by atoms with van der Waals surface area (Å²) in [5, 5.41) is 13.7. The number of aliphatic hydroxyl groups is 1. The maximum Gasteiger partial charge on any atom is 0.0584 e. The number of hydrogen-bond acceptors (Lipinski definition) is 2. The van der Waals surface area contributed by atoms with Gasteiger partial charge in [-0.15, -0.1) is 0 Å². The molecule has 1 aromatic carbocycles. The van der Waals surface area contributed by atoms with Crippen molar-refractivity contribution in [2.45, 2.75) is 45.7 Å². The number of rotatable bonds is 4. The molecular formula is C15H22ClNO. The molecule has 0 amide bonds. The van der Waals surface area contributed by atoms with Gasteiger partial charge in [-0.2, -0.15) is 0 Å². The van der Waals surface area contributed by atoms with Crippen molar-refractivity contribution in [1.29, 1.82) is 0 Å². The van der Waals surface area contributed by atoms with E-state index in [0.29, 0.717) is 0 Å². The molecule has 0 aromatic heterocycles. The van der Waals surface area contributed by atoms with Crippen LogP contribution in [0.15, 0.2) is 18.2 Å². The minimum atomic E-state index is 0.152. The third-order valence-electron chi connectivity index (χ3n) is 3.96. The minimum Gasteiger partial charge on any atom is -0.395 e. The molecule has 0 heterocycles. The highest BCUT2D eigenvalue weighted by Crippen LogP contribution is 2.46. The Balaban J connectivity index is 2.30. The summed E-state index contributed by atoms with van der Waals surface area (Å²) >= 11 is 6.11. The maximum absolute atomic E-state index is 9.37. The lowest BCUT2D eigenvalue weighted by molar-refractivity contribution is 0.188. The van der Waals surface area contributed by atoms with Crippen LogP contribution in [0, 0.1) is 5.41 Å². The average molecular weight is 268 g/mol. The molecule has 2 N–H and O–H groups in total. The summed E-state index contributed by atoms with van der Waals surface area (Å²) in [4.78, 5) is 0. The van der Waals surface area contributed by atoms with Crippen molar-refractivity contribution in [1.82, 2.24) is 5.32 Å². The molecule has 2 nitrogen and oxygen atoms in total. The molecule has 0 spiro atoms. The average Bonchev–Trinajstić information content (AvgIpc) is 2.56. The van der Waals surface area contributed by atoms with Crippen molar-refractivity contribution >= 4 is 11.6 Å². The largest absolute Gasteiger partial charge is 0.395 e. The second kappa shape index (κ2) is 5.20. The van der Waals surface area contributed by atoms with Gasteiger partial charge in [-0.25, -0.2) is 0 Å². The Labute approximate surface area is 114 Å². The van der Waals surface area contributed by atoms with E-state index in [4.69, 9.17) is 11.6 Å². The van der Waals surface area contributed by atoms with E-state index < -0.39 is 0 Å². The number of fused-ring (bicyclic) bond motifs is 1. The van der Waals surface area contributed by atoms with Crippen LogP contribution in [0.5, 0.6) is 0 Å². The first-order valence-electron chi connectivity index (χ1n) is 6.63. The van der Waals surface area contributed by atoms with Crippen molar-refractivity contribution in [2.75, 3.05) is 6.61 Å². The van der Waals surface area contributed by atoms with E-state index in [1.165, 1.54) is 11.1 Å². The fraction of sp³-hybridized carbons (Fsp3) is 0.600. The van der Waals surface area contributed by atoms with Gasteiger partial charge in [0.05, 0.1) is 6.61 Å². The monoisotopic (exact) mass is 267 g/mol. The lowest BCUT2D eigenvalue weighted by atomic mass is 9.85. The van der Waals surface area contributed by atoms with Crippen LogP contribution >= 0.6 is 11.6 Å². The quantitative estimate of drug-likeness (QED) is 0.877. The Bertz CT molecular complexity index is 427. The van der Waals surface area contributed by atoms with Crippen molar-refractivity contribution < 1.29 is 5.11 Å². The first-order valence-corrected chi connectivity index (χ1v) is 7.01. The lowest BCUT2D eigenvalue weighted by Gasteiger charge is -2.32. The smallest absolute Gasteiger partial charge is 0.0584 e. The second-order valence-electron chi connectivity index (χ2n) is 5.90. The van der Waals surface area contributed by atoms with Gasteiger partial charge in [0.1, 0.15) is 0 Å². The molecule has 100 valence electrons. The zero-order valence-corrected chi connectivity index (χ0v) is 12.1. The third kappa shape index (κ3) is 2.56. The van der Waals surface area contributed by atoms with Crippen LogP contribution in [0.1, 0.15) is 44.4 Å². The Kier molecular flexibility index (Phi) is 4.00. The Hall–Kier alpha value is -0.570. The molecule has 0 radical (unpaired) electrons. The van der Waals surface area contributed by atoms with Crippen LogP contribution < -0.4 is 5.32 Å². The Morgan fingerprint density at radius 3 is 2.83 bits per heavy atom. The minimum absolute atomic E-state index is 0.152. The van der Waals surface area contributed by atoms with Crippen LogP contribution in [-0.2, 0) is 6.42 Å². The van der Waals surface area contributed by atoms with Gasteiger partial charge in [0.25, 0.3) is 0 Å². The maximum atomic E-state index is 9.37. The van der Waals surface area contributed by atoms with Crippen LogP contribution in [0.3, 0.4) is 0 Å². The molecule has 1 aliphatic rings. The standard InChI is InChI=1S/C15H22ClNO/c1-4-12(9-18)17-14-13-7-11(16)6-5-10(13)8-15(14,2)3/h5-7,12,14,17-18H,4,8-9H2,1-3H3. The molecular weight excluding hydrogens is 246 g/mol. The van der Waals surface area contributed by atoms with E-state index in [0.717, 1.165) is 17.9 Å². The van der Waals surface area contributed by atoms with Crippen LogP contribution in [0.25, 0.3) is 0 Å². The van der Waals surface area contributed by atoms with Crippen LogP contribution in [-0.4, -0.2) is 17.8 Å². The molecule has 1 aliphatic carbocycles. The van der Waals surface area contributed by atoms with Crippen molar-refractivity contribution in [3.05, 3.63) is 34.3 Å². The van der Waals surface area contributed by atoms with E-state index in [-0.39, 0.29) is 24.1 Å². The van der Waals surface area contributed by atoms with E-state index in [9.17, 15) is 5.11 Å². The highest BCUT2D eigenvalue weighted by Gasteiger charge is 2.39. The van der Waals surface area contributed by atoms with E-state index in [1.807, 2.05) is 6.07 Å². The van der Waals surface area contributed by atoms with Gasteiger partial charge in [-0.1, -0.05) is 38.4 Å². The molecule has 0 bridgehead atoms. The zero-order valence-electron chi connectivity index (χ0n) is 11.3. The Morgan fingerprint density at radius 1 is 1.50 bits per heavy atom. The van der Waals surface area contributed by atoms with Gasteiger partial charge in [0.15, 0.2) is 0 Å². The van der Waals surface area contributed by atoms with Gasteiger partial charge < -0.3 is 10.4 Å². The summed E-state index contributed by atoms with van der Waals surface area (Å²) in [6, 6.07) is 6.57. The number of nitrogens with one attached hydrogen (secondary N) is 1. The van der Waals surface area contributed by atoms with Crippen molar-refractivity contribution in [3.63, 3.8) is 0 Å². The molecule has 0 aliphatic heterocycles. The first-order chi connectivity index (χ1) is 8.47. The Morgan fingerprint density at radius 2 is 2.22 bits per heavy atom. The van der Waals surface area contributed by atoms with Crippen LogP contribution in [0.4, 0.5) is 0 Å². The number of aliphatic hydroxyl groups excluding tert-OH is 1. The van der Waals surface area contributed by atoms with E-state index >= 15 is 0 Å². The summed E-state index contributed by atoms with van der Waals surface area (Å²) in [5.41, 5.74) is 2.82. The first kappa shape index (κ1) is 13.9. The molecule has 2 atom stereocenters. The molecule has 0 saturated carbocycles. The zero-order chi connectivity index (χ0) is 13.3. The summed E-state index contributed by atoms with van der Waals surface area (Å²) < 4.78 is 0. The molecule has 0 saturated heterocycles. The SMILES string of the molecule is CCC(CO)NC1c2cc(Cl)ccc2CC1(C)C. The van der Waals surface area contributed by atoms with Crippen LogP contribution in [0.2, 0.25) is 5.02 Å². The third-order valence-corrected chi connectivity index (χ3v) is 4.20. The molecule has 2 rings (SSSR count). The summed E-state index contributed by atoms with van der Waals surface area (Å²) in [6.45, 7) is 6.80. The molecule has 0 fully saturated rings. The highest BCUT2D eigenvalue weighted by atomic mass is 35.5. The lowest BCUT2D eigenvalue weighted by Crippen LogP contribution is -2.40. The fourth-order valence-electron chi connectivity index (χ4n) is 2.86. The predicted octanol–water partition coefficient (Wildman–Crippen LogP) is 3.32. The molecule has 2 unspecified atom stereocenters. The number of benzene rings is 1. The van der Waals surface area contributed by atoms with Gasteiger partial charge in [0.2, 0.25) is 0 Å². The van der Waals surface area contributed by atoms with E-state index in [2.05, 4.69) is 38.2 Å². The summed E-state index contributed by atoms with van der Waals surface area (Å²) in [6.07, 6.45) is 1.98. The number of halogens is 1. The van der Waals surface area contributed by atoms with Gasteiger partial charge in [-0.3, -0.25) is 0 Å². The van der Waals surface area contributed by atoms with Crippen molar-refractivity contribution in [2.24, 2.45) is 5.41 Å². The second-order valence-corrected chi connectivity index (χ2v) is 6.33. The molecule has 18 heavy (non-hydrogen) atoms.